The molecule has 2 nitrogen and oxygen atoms in total. The van der Waals surface area contributed by atoms with Crippen LogP contribution < -0.4 is 9.80 Å². The molecule has 3 aliphatic rings. The Morgan fingerprint density at radius 1 is 0.537 bits per heavy atom. The van der Waals surface area contributed by atoms with Gasteiger partial charge in [0.1, 0.15) is 0 Å². The summed E-state index contributed by atoms with van der Waals surface area (Å²) in [6, 6.07) is 29.2. The summed E-state index contributed by atoms with van der Waals surface area (Å²) in [6.45, 7) is 6.96. The predicted octanol–water partition coefficient (Wildman–Crippen LogP) is 10.4. The number of nitrogens with zero attached hydrogens (tertiary/aromatic N) is 2. The average Bonchev–Trinajstić information content (AvgIpc) is 3.01. The second kappa shape index (κ2) is 12.1. The number of rotatable bonds is 7. The van der Waals surface area contributed by atoms with Crippen LogP contribution in [0.3, 0.4) is 0 Å². The Labute approximate surface area is 246 Å². The van der Waals surface area contributed by atoms with Crippen molar-refractivity contribution in [3.63, 3.8) is 0 Å². The maximum absolute atomic E-state index is 2.55. The zero-order valence-electron chi connectivity index (χ0n) is 24.4. The van der Waals surface area contributed by atoms with E-state index < -0.39 is 0 Å². The van der Waals surface area contributed by atoms with Gasteiger partial charge in [-0.2, -0.15) is 0 Å². The number of para-hydroxylation sites is 1. The van der Waals surface area contributed by atoms with E-state index in [1.165, 1.54) is 39.6 Å². The van der Waals surface area contributed by atoms with Gasteiger partial charge in [0, 0.05) is 34.4 Å². The molecule has 0 aromatic heterocycles. The van der Waals surface area contributed by atoms with Crippen molar-refractivity contribution in [3.8, 4) is 11.1 Å². The highest BCUT2D eigenvalue weighted by Crippen LogP contribution is 2.38. The molecule has 4 unspecified atom stereocenters. The summed E-state index contributed by atoms with van der Waals surface area (Å²) in [4.78, 5) is 4.96. The van der Waals surface area contributed by atoms with E-state index in [1.54, 1.807) is 0 Å². The third-order valence-corrected chi connectivity index (χ3v) is 8.62. The summed E-state index contributed by atoms with van der Waals surface area (Å²) in [7, 11) is 0. The summed E-state index contributed by atoms with van der Waals surface area (Å²) >= 11 is 0. The molecule has 41 heavy (non-hydrogen) atoms. The first-order valence-corrected chi connectivity index (χ1v) is 15.0. The maximum Gasteiger partial charge on any atom is 0.0582 e. The molecule has 0 radical (unpaired) electrons. The topological polar surface area (TPSA) is 6.48 Å². The third kappa shape index (κ3) is 5.65. The zero-order chi connectivity index (χ0) is 28.2. The summed E-state index contributed by atoms with van der Waals surface area (Å²) in [5, 5.41) is 0. The lowest BCUT2D eigenvalue weighted by molar-refractivity contribution is 0.549. The Hall–Kier alpha value is -4.30. The van der Waals surface area contributed by atoms with E-state index in [4.69, 9.17) is 0 Å². The Morgan fingerprint density at radius 3 is 1.66 bits per heavy atom. The molecule has 0 fully saturated rings. The fraction of sp³-hybridized carbons (Fsp3) is 0.231. The van der Waals surface area contributed by atoms with Crippen molar-refractivity contribution in [2.75, 3.05) is 9.80 Å². The number of anilines is 3. The Bertz CT molecular complexity index is 1520. The quantitative estimate of drug-likeness (QED) is 0.296. The van der Waals surface area contributed by atoms with E-state index in [-0.39, 0.29) is 0 Å². The minimum Gasteiger partial charge on any atom is -0.337 e. The molecule has 206 valence electrons. The standard InChI is InChI=1S/C39H40N2/c1-29-13-7-10-18-37(29)40(34-16-5-4-6-17-34)35-25-21-32(22-26-35)33-23-27-36(28-24-33)41(38-19-11-8-14-30(38)2)39-20-12-9-15-31(39)3/h4-12,14,16-31,38H,13,15H2,1-3H3. The van der Waals surface area contributed by atoms with Gasteiger partial charge in [-0.05, 0) is 84.4 Å². The van der Waals surface area contributed by atoms with Gasteiger partial charge in [-0.25, -0.2) is 0 Å². The van der Waals surface area contributed by atoms with Crippen molar-refractivity contribution in [2.45, 2.75) is 39.7 Å². The maximum atomic E-state index is 2.55. The van der Waals surface area contributed by atoms with Crippen LogP contribution in [0.1, 0.15) is 33.6 Å². The fourth-order valence-corrected chi connectivity index (χ4v) is 6.24. The lowest BCUT2D eigenvalue weighted by atomic mass is 9.90. The molecule has 0 aliphatic heterocycles. The van der Waals surface area contributed by atoms with Crippen LogP contribution in [0.5, 0.6) is 0 Å². The number of benzene rings is 3. The molecule has 4 atom stereocenters. The van der Waals surface area contributed by atoms with E-state index >= 15 is 0 Å². The van der Waals surface area contributed by atoms with Gasteiger partial charge in [0.05, 0.1) is 6.04 Å². The first-order valence-electron chi connectivity index (χ1n) is 15.0. The molecule has 2 heteroatoms. The number of hydrogen-bond acceptors (Lipinski definition) is 2. The number of hydrogen-bond donors (Lipinski definition) is 0. The van der Waals surface area contributed by atoms with Crippen LogP contribution in [0.25, 0.3) is 11.1 Å². The Kier molecular flexibility index (Phi) is 7.91. The molecule has 0 amide bonds. The molecule has 3 aliphatic carbocycles. The van der Waals surface area contributed by atoms with Crippen LogP contribution >= 0.6 is 0 Å². The highest BCUT2D eigenvalue weighted by Gasteiger charge is 2.28. The van der Waals surface area contributed by atoms with Crippen LogP contribution in [0.15, 0.2) is 151 Å². The van der Waals surface area contributed by atoms with E-state index in [0.29, 0.717) is 23.8 Å². The van der Waals surface area contributed by atoms with Crippen LogP contribution in [-0.2, 0) is 0 Å². The van der Waals surface area contributed by atoms with Crippen LogP contribution in [0.2, 0.25) is 0 Å². The van der Waals surface area contributed by atoms with Crippen LogP contribution in [0.4, 0.5) is 17.1 Å². The molecule has 0 heterocycles. The van der Waals surface area contributed by atoms with Gasteiger partial charge in [-0.15, -0.1) is 0 Å². The average molecular weight is 537 g/mol. The third-order valence-electron chi connectivity index (χ3n) is 8.62. The summed E-state index contributed by atoms with van der Waals surface area (Å²) in [6.07, 6.45) is 24.7. The van der Waals surface area contributed by atoms with Gasteiger partial charge < -0.3 is 9.80 Å². The van der Waals surface area contributed by atoms with Crippen LogP contribution in [-0.4, -0.2) is 6.04 Å². The van der Waals surface area contributed by atoms with Crippen LogP contribution in [0, 0.1) is 17.8 Å². The smallest absolute Gasteiger partial charge is 0.0582 e. The second-order valence-corrected chi connectivity index (χ2v) is 11.6. The molecule has 0 saturated heterocycles. The summed E-state index contributed by atoms with van der Waals surface area (Å²) in [5.74, 6) is 1.39. The molecule has 3 aromatic rings. The predicted molar refractivity (Wildman–Crippen MR) is 176 cm³/mol. The van der Waals surface area contributed by atoms with Crippen molar-refractivity contribution in [2.24, 2.45) is 17.8 Å². The lowest BCUT2D eigenvalue weighted by Gasteiger charge is -2.40. The first-order chi connectivity index (χ1) is 20.1. The van der Waals surface area contributed by atoms with Gasteiger partial charge in [0.15, 0.2) is 0 Å². The Balaban J connectivity index is 1.30. The van der Waals surface area contributed by atoms with Crippen molar-refractivity contribution in [1.29, 1.82) is 0 Å². The molecule has 0 saturated carbocycles. The lowest BCUT2D eigenvalue weighted by Crippen LogP contribution is -2.40. The van der Waals surface area contributed by atoms with Crippen molar-refractivity contribution < 1.29 is 0 Å². The fourth-order valence-electron chi connectivity index (χ4n) is 6.24. The highest BCUT2D eigenvalue weighted by molar-refractivity contribution is 5.74. The summed E-state index contributed by atoms with van der Waals surface area (Å²) < 4.78 is 0. The highest BCUT2D eigenvalue weighted by atomic mass is 15.2. The SMILES string of the molecule is CC1CC=CC=C1N(c1ccccc1)c1ccc(-c2ccc(N(C3=CC=CCC3C)C3C=CC=CC3C)cc2)cc1. The molecule has 6 rings (SSSR count). The van der Waals surface area contributed by atoms with Crippen molar-refractivity contribution in [3.05, 3.63) is 151 Å². The van der Waals surface area contributed by atoms with Gasteiger partial charge in [0.25, 0.3) is 0 Å². The van der Waals surface area contributed by atoms with Crippen molar-refractivity contribution >= 4 is 17.1 Å². The minimum atomic E-state index is 0.306. The van der Waals surface area contributed by atoms with Crippen molar-refractivity contribution in [1.82, 2.24) is 0 Å². The molecule has 0 N–H and O–H groups in total. The van der Waals surface area contributed by atoms with Gasteiger partial charge in [0.2, 0.25) is 0 Å². The minimum absolute atomic E-state index is 0.306. The zero-order valence-corrected chi connectivity index (χ0v) is 24.4. The van der Waals surface area contributed by atoms with Gasteiger partial charge in [-0.1, -0.05) is 112 Å². The van der Waals surface area contributed by atoms with Gasteiger partial charge in [-0.3, -0.25) is 0 Å². The molecular formula is C39H40N2. The summed E-state index contributed by atoms with van der Waals surface area (Å²) in [5.41, 5.74) is 8.82. The Morgan fingerprint density at radius 2 is 1.07 bits per heavy atom. The van der Waals surface area contributed by atoms with E-state index in [9.17, 15) is 0 Å². The van der Waals surface area contributed by atoms with E-state index in [1.807, 2.05) is 0 Å². The second-order valence-electron chi connectivity index (χ2n) is 11.6. The van der Waals surface area contributed by atoms with E-state index in [2.05, 4.69) is 170 Å². The first kappa shape index (κ1) is 26.9. The molecular weight excluding hydrogens is 496 g/mol. The largest absolute Gasteiger partial charge is 0.337 e. The molecule has 3 aromatic carbocycles. The normalized spacial score (nSPS) is 23.2. The van der Waals surface area contributed by atoms with Gasteiger partial charge >= 0.3 is 0 Å². The van der Waals surface area contributed by atoms with E-state index in [0.717, 1.165) is 12.8 Å². The molecule has 0 bridgehead atoms. The number of allylic oxidation sites excluding steroid dienone is 10. The monoisotopic (exact) mass is 536 g/mol. The molecule has 0 spiro atoms.